The van der Waals surface area contributed by atoms with E-state index < -0.39 is 21.9 Å². The lowest BCUT2D eigenvalue weighted by Crippen LogP contribution is -2.36. The highest BCUT2D eigenvalue weighted by atomic mass is 32.2. The molecule has 0 spiro atoms. The first kappa shape index (κ1) is 29.2. The third-order valence-corrected chi connectivity index (χ3v) is 9.15. The SMILES string of the molecule is CCNc1ccc(C(CC(=O)O)c2ccc(C)c(CN3C[C@@H](CC)Oc4ncccc4S3(=O)=O)c2)c(C)c1N=N. The molecule has 1 aliphatic heterocycles. The Kier molecular flexibility index (Phi) is 8.85. The lowest BCUT2D eigenvalue weighted by molar-refractivity contribution is -0.137. The summed E-state index contributed by atoms with van der Waals surface area (Å²) >= 11 is 0. The average Bonchev–Trinajstić information content (AvgIpc) is 3.03. The van der Waals surface area contributed by atoms with Gasteiger partial charge in [0.05, 0.1) is 18.7 Å². The van der Waals surface area contributed by atoms with Crippen molar-refractivity contribution in [2.45, 2.75) is 64.0 Å². The molecule has 3 N–H and O–H groups in total. The second kappa shape index (κ2) is 12.1. The molecule has 1 unspecified atom stereocenters. The molecule has 1 aromatic heterocycles. The largest absolute Gasteiger partial charge is 0.481 e. The van der Waals surface area contributed by atoms with Crippen LogP contribution in [0.4, 0.5) is 11.4 Å². The number of carboxylic acids is 1. The van der Waals surface area contributed by atoms with Crippen LogP contribution in [0.2, 0.25) is 0 Å². The number of hydrogen-bond donors (Lipinski definition) is 3. The normalized spacial score (nSPS) is 17.2. The molecule has 212 valence electrons. The number of rotatable bonds is 10. The van der Waals surface area contributed by atoms with Gasteiger partial charge in [-0.15, -0.1) is 0 Å². The number of benzene rings is 2. The van der Waals surface area contributed by atoms with Crippen molar-refractivity contribution in [3.05, 3.63) is 76.5 Å². The Morgan fingerprint density at radius 2 is 2.02 bits per heavy atom. The number of aryl methyl sites for hydroxylation is 1. The van der Waals surface area contributed by atoms with Crippen LogP contribution in [0.3, 0.4) is 0 Å². The second-order valence-corrected chi connectivity index (χ2v) is 11.8. The molecule has 2 atom stereocenters. The van der Waals surface area contributed by atoms with Gasteiger partial charge in [0, 0.05) is 25.2 Å². The van der Waals surface area contributed by atoms with Gasteiger partial charge in [-0.1, -0.05) is 31.2 Å². The minimum absolute atomic E-state index is 0.0339. The summed E-state index contributed by atoms with van der Waals surface area (Å²) in [6, 6.07) is 12.5. The molecule has 2 heterocycles. The highest BCUT2D eigenvalue weighted by Gasteiger charge is 2.35. The predicted octanol–water partition coefficient (Wildman–Crippen LogP) is 5.76. The van der Waals surface area contributed by atoms with Crippen molar-refractivity contribution in [3.63, 3.8) is 0 Å². The molecule has 10 nitrogen and oxygen atoms in total. The van der Waals surface area contributed by atoms with Gasteiger partial charge in [-0.3, -0.25) is 4.79 Å². The Balaban J connectivity index is 1.77. The van der Waals surface area contributed by atoms with Crippen molar-refractivity contribution in [2.24, 2.45) is 5.11 Å². The molecule has 2 aromatic carbocycles. The summed E-state index contributed by atoms with van der Waals surface area (Å²) in [4.78, 5) is 16.2. The fourth-order valence-electron chi connectivity index (χ4n) is 5.10. The van der Waals surface area contributed by atoms with E-state index in [1.807, 2.05) is 58.0 Å². The van der Waals surface area contributed by atoms with E-state index in [0.717, 1.165) is 27.8 Å². The van der Waals surface area contributed by atoms with E-state index in [0.29, 0.717) is 24.3 Å². The van der Waals surface area contributed by atoms with Gasteiger partial charge < -0.3 is 15.2 Å². The molecule has 40 heavy (non-hydrogen) atoms. The first-order valence-electron chi connectivity index (χ1n) is 13.3. The van der Waals surface area contributed by atoms with E-state index in [-0.39, 0.29) is 36.4 Å². The van der Waals surface area contributed by atoms with Crippen molar-refractivity contribution >= 4 is 27.4 Å². The lowest BCUT2D eigenvalue weighted by atomic mass is 9.84. The van der Waals surface area contributed by atoms with Crippen molar-refractivity contribution < 1.29 is 23.1 Å². The monoisotopic (exact) mass is 565 g/mol. The van der Waals surface area contributed by atoms with Crippen LogP contribution in [0.15, 0.2) is 58.7 Å². The predicted molar refractivity (Wildman–Crippen MR) is 152 cm³/mol. The Labute approximate surface area is 235 Å². The van der Waals surface area contributed by atoms with E-state index in [4.69, 9.17) is 10.3 Å². The third-order valence-electron chi connectivity index (χ3n) is 7.32. The summed E-state index contributed by atoms with van der Waals surface area (Å²) in [6.45, 7) is 8.56. The summed E-state index contributed by atoms with van der Waals surface area (Å²) in [5.41, 5.74) is 12.8. The minimum Gasteiger partial charge on any atom is -0.481 e. The zero-order valence-electron chi connectivity index (χ0n) is 23.1. The Hall–Kier alpha value is -3.83. The number of nitrogens with zero attached hydrogens (tertiary/aromatic N) is 3. The van der Waals surface area contributed by atoms with Gasteiger partial charge in [0.15, 0.2) is 0 Å². The van der Waals surface area contributed by atoms with Gasteiger partial charge in [0.2, 0.25) is 15.9 Å². The first-order valence-corrected chi connectivity index (χ1v) is 14.7. The molecule has 0 fully saturated rings. The molecule has 0 bridgehead atoms. The van der Waals surface area contributed by atoms with Crippen molar-refractivity contribution in [2.75, 3.05) is 18.4 Å². The molecule has 0 radical (unpaired) electrons. The van der Waals surface area contributed by atoms with Gasteiger partial charge in [-0.2, -0.15) is 9.42 Å². The first-order chi connectivity index (χ1) is 19.1. The number of fused-ring (bicyclic) bond motifs is 1. The maximum Gasteiger partial charge on any atom is 0.304 e. The minimum atomic E-state index is -3.90. The molecule has 0 aliphatic carbocycles. The van der Waals surface area contributed by atoms with Crippen LogP contribution in [0.5, 0.6) is 5.88 Å². The zero-order valence-corrected chi connectivity index (χ0v) is 24.0. The number of carboxylic acid groups (broad SMARTS) is 1. The molecule has 0 saturated heterocycles. The van der Waals surface area contributed by atoms with Crippen LogP contribution >= 0.6 is 0 Å². The number of aliphatic carboxylic acids is 1. The topological polar surface area (TPSA) is 145 Å². The van der Waals surface area contributed by atoms with Gasteiger partial charge in [0.25, 0.3) is 0 Å². The molecule has 4 rings (SSSR count). The van der Waals surface area contributed by atoms with Crippen LogP contribution in [-0.2, 0) is 21.4 Å². The van der Waals surface area contributed by atoms with Gasteiger partial charge in [-0.05, 0) is 73.2 Å². The maximum atomic E-state index is 13.7. The molecule has 1 aliphatic rings. The molecular formula is C29H35N5O5S. The van der Waals surface area contributed by atoms with Crippen molar-refractivity contribution in [1.29, 1.82) is 5.53 Å². The van der Waals surface area contributed by atoms with E-state index in [9.17, 15) is 18.3 Å². The van der Waals surface area contributed by atoms with E-state index >= 15 is 0 Å². The zero-order chi connectivity index (χ0) is 29.0. The number of aromatic nitrogens is 1. The van der Waals surface area contributed by atoms with Crippen molar-refractivity contribution in [3.8, 4) is 5.88 Å². The number of nitrogens with one attached hydrogen (secondary N) is 2. The van der Waals surface area contributed by atoms with Gasteiger partial charge in [0.1, 0.15) is 16.7 Å². The smallest absolute Gasteiger partial charge is 0.304 e. The summed E-state index contributed by atoms with van der Waals surface area (Å²) in [5, 5.41) is 16.7. The standard InChI is InChI=1S/C29H35N5O5S/c1-5-22-17-34(40(37,38)26-8-7-13-32-29(26)39-22)16-21-14-20(10-9-18(21)3)24(15-27(35)36)23-11-12-25(31-6-2)28(33-30)19(23)4/h7-14,22,24,30-31H,5-6,15-17H2,1-4H3,(H,35,36)/t22-,24?/m1/s1. The Bertz CT molecular complexity index is 1530. The maximum absolute atomic E-state index is 13.7. The summed E-state index contributed by atoms with van der Waals surface area (Å²) in [5.74, 6) is -1.38. The highest BCUT2D eigenvalue weighted by molar-refractivity contribution is 7.89. The van der Waals surface area contributed by atoms with E-state index in [2.05, 4.69) is 15.4 Å². The summed E-state index contributed by atoms with van der Waals surface area (Å²) < 4.78 is 34.7. The van der Waals surface area contributed by atoms with Crippen LogP contribution < -0.4 is 10.1 Å². The number of ether oxygens (including phenoxy) is 1. The quantitative estimate of drug-likeness (QED) is 0.265. The molecule has 3 aromatic rings. The molecule has 11 heteroatoms. The third kappa shape index (κ3) is 5.85. The fraction of sp³-hybridized carbons (Fsp3) is 0.379. The Morgan fingerprint density at radius 1 is 1.25 bits per heavy atom. The second-order valence-electron chi connectivity index (χ2n) is 9.91. The molecular weight excluding hydrogens is 530 g/mol. The van der Waals surface area contributed by atoms with Gasteiger partial charge in [-0.25, -0.2) is 18.9 Å². The summed E-state index contributed by atoms with van der Waals surface area (Å²) in [6.07, 6.45) is 1.58. The van der Waals surface area contributed by atoms with Gasteiger partial charge >= 0.3 is 5.97 Å². The van der Waals surface area contributed by atoms with E-state index in [1.54, 1.807) is 6.07 Å². The van der Waals surface area contributed by atoms with Crippen LogP contribution in [0.1, 0.15) is 60.4 Å². The molecule has 0 saturated carbocycles. The number of hydrogen-bond acceptors (Lipinski definition) is 8. The highest BCUT2D eigenvalue weighted by Crippen LogP contribution is 2.39. The lowest BCUT2D eigenvalue weighted by Gasteiger charge is -2.25. The van der Waals surface area contributed by atoms with Crippen LogP contribution in [0, 0.1) is 19.4 Å². The average molecular weight is 566 g/mol. The Morgan fingerprint density at radius 3 is 2.70 bits per heavy atom. The number of pyridine rings is 1. The van der Waals surface area contributed by atoms with Crippen LogP contribution in [0.25, 0.3) is 0 Å². The van der Waals surface area contributed by atoms with E-state index in [1.165, 1.54) is 16.6 Å². The number of sulfonamides is 1. The summed E-state index contributed by atoms with van der Waals surface area (Å²) in [7, 11) is -3.90. The molecule has 0 amide bonds. The fourth-order valence-corrected chi connectivity index (χ4v) is 6.62. The number of anilines is 1. The van der Waals surface area contributed by atoms with Crippen LogP contribution in [-0.4, -0.2) is 48.0 Å². The number of carbonyl (C=O) groups is 1. The van der Waals surface area contributed by atoms with Crippen molar-refractivity contribution in [1.82, 2.24) is 9.29 Å².